The number of carbonyl (C=O) groups is 1. The van der Waals surface area contributed by atoms with Gasteiger partial charge in [-0.1, -0.05) is 23.2 Å². The molecule has 0 aliphatic rings. The van der Waals surface area contributed by atoms with E-state index in [1.807, 2.05) is 0 Å². The lowest BCUT2D eigenvalue weighted by atomic mass is 10.3. The Labute approximate surface area is 152 Å². The Balaban J connectivity index is 2.31. The van der Waals surface area contributed by atoms with Crippen LogP contribution in [0.4, 0.5) is 5.69 Å². The van der Waals surface area contributed by atoms with Gasteiger partial charge in [-0.15, -0.1) is 0 Å². The third kappa shape index (κ3) is 4.50. The zero-order chi connectivity index (χ0) is 17.9. The summed E-state index contributed by atoms with van der Waals surface area (Å²) in [6.45, 7) is 1.46. The second-order valence-corrected chi connectivity index (χ2v) is 5.84. The Kier molecular flexibility index (Phi) is 5.88. The van der Waals surface area contributed by atoms with Crippen molar-refractivity contribution in [2.24, 2.45) is 0 Å². The Morgan fingerprint density at radius 3 is 2.50 bits per heavy atom. The second-order valence-electron chi connectivity index (χ2n) is 4.63. The average Bonchev–Trinajstić information content (AvgIpc) is 2.51. The largest absolute Gasteiger partial charge is 0.480 e. The molecule has 1 unspecified atom stereocenters. The number of ether oxygens (including phenoxy) is 2. The van der Waals surface area contributed by atoms with Crippen LogP contribution in [0.5, 0.6) is 17.2 Å². The highest BCUT2D eigenvalue weighted by Crippen LogP contribution is 2.36. The highest BCUT2D eigenvalue weighted by molar-refractivity contribution is 6.64. The molecule has 0 saturated heterocycles. The van der Waals surface area contributed by atoms with Crippen molar-refractivity contribution in [3.63, 3.8) is 0 Å². The van der Waals surface area contributed by atoms with Gasteiger partial charge in [0.05, 0.1) is 9.95 Å². The number of hydrogen-bond acceptors (Lipinski definition) is 5. The fourth-order valence-electron chi connectivity index (χ4n) is 1.72. The highest BCUT2D eigenvalue weighted by atomic mass is 35.5. The van der Waals surface area contributed by atoms with Gasteiger partial charge < -0.3 is 9.47 Å². The van der Waals surface area contributed by atoms with E-state index in [4.69, 9.17) is 44.3 Å². The van der Waals surface area contributed by atoms with Crippen molar-refractivity contribution in [1.29, 1.82) is 0 Å². The van der Waals surface area contributed by atoms with Crippen molar-refractivity contribution in [3.8, 4) is 17.2 Å². The van der Waals surface area contributed by atoms with Gasteiger partial charge in [-0.3, -0.25) is 14.9 Å². The average molecular weight is 391 g/mol. The van der Waals surface area contributed by atoms with E-state index in [0.717, 1.165) is 0 Å². The molecule has 0 amide bonds. The summed E-state index contributed by atoms with van der Waals surface area (Å²) in [6, 6.07) is 8.39. The second kappa shape index (κ2) is 7.70. The van der Waals surface area contributed by atoms with Crippen LogP contribution in [-0.2, 0) is 4.79 Å². The van der Waals surface area contributed by atoms with E-state index in [1.165, 1.54) is 43.3 Å². The monoisotopic (exact) mass is 389 g/mol. The van der Waals surface area contributed by atoms with Gasteiger partial charge in [0.2, 0.25) is 5.75 Å². The lowest BCUT2D eigenvalue weighted by Gasteiger charge is -2.13. The molecular formula is C15H10Cl3NO5. The number of nitrogens with zero attached hydrogens (tertiary/aromatic N) is 1. The van der Waals surface area contributed by atoms with Crippen molar-refractivity contribution in [1.82, 2.24) is 0 Å². The molecule has 24 heavy (non-hydrogen) atoms. The maximum atomic E-state index is 11.1. The lowest BCUT2D eigenvalue weighted by Crippen LogP contribution is -2.19. The van der Waals surface area contributed by atoms with E-state index in [1.54, 1.807) is 0 Å². The molecule has 9 heteroatoms. The zero-order valence-electron chi connectivity index (χ0n) is 12.2. The van der Waals surface area contributed by atoms with E-state index in [-0.39, 0.29) is 33.0 Å². The normalized spacial score (nSPS) is 11.7. The van der Waals surface area contributed by atoms with Crippen molar-refractivity contribution in [3.05, 3.63) is 56.6 Å². The first kappa shape index (κ1) is 18.3. The first-order valence-electron chi connectivity index (χ1n) is 6.55. The zero-order valence-corrected chi connectivity index (χ0v) is 14.4. The minimum absolute atomic E-state index is 0.000796. The van der Waals surface area contributed by atoms with Crippen LogP contribution in [0.2, 0.25) is 10.0 Å². The molecule has 6 nitrogen and oxygen atoms in total. The fourth-order valence-corrected chi connectivity index (χ4v) is 2.09. The summed E-state index contributed by atoms with van der Waals surface area (Å²) in [5.41, 5.74) is -0.288. The molecule has 0 N–H and O–H groups in total. The Morgan fingerprint density at radius 2 is 1.88 bits per heavy atom. The summed E-state index contributed by atoms with van der Waals surface area (Å²) in [4.78, 5) is 21.5. The number of halogens is 3. The molecule has 0 fully saturated rings. The standard InChI is InChI=1S/C15H10Cl3NO5/c1-8(15(18)20)23-14-7-10(3-4-11(14)17)24-13-5-2-9(16)6-12(13)19(21)22/h2-8H,1H3. The van der Waals surface area contributed by atoms with Crippen LogP contribution in [0, 0.1) is 10.1 Å². The molecule has 0 heterocycles. The SMILES string of the molecule is CC(Oc1cc(Oc2ccc(Cl)cc2[N+](=O)[O-])ccc1Cl)C(=O)Cl. The van der Waals surface area contributed by atoms with Crippen molar-refractivity contribution < 1.29 is 19.2 Å². The molecule has 0 saturated carbocycles. The van der Waals surface area contributed by atoms with Gasteiger partial charge >= 0.3 is 5.69 Å². The van der Waals surface area contributed by atoms with E-state index >= 15 is 0 Å². The number of hydrogen-bond donors (Lipinski definition) is 0. The Hall–Kier alpha value is -2.02. The summed E-state index contributed by atoms with van der Waals surface area (Å²) in [5.74, 6) is 0.389. The number of nitro groups is 1. The molecule has 0 radical (unpaired) electrons. The van der Waals surface area contributed by atoms with Crippen LogP contribution in [0.15, 0.2) is 36.4 Å². The molecule has 0 aliphatic carbocycles. The van der Waals surface area contributed by atoms with Gasteiger partial charge in [-0.2, -0.15) is 0 Å². The third-order valence-electron chi connectivity index (χ3n) is 2.87. The van der Waals surface area contributed by atoms with Gasteiger partial charge in [0.1, 0.15) is 11.5 Å². The quantitative estimate of drug-likeness (QED) is 0.383. The van der Waals surface area contributed by atoms with E-state index in [2.05, 4.69) is 0 Å². The highest BCUT2D eigenvalue weighted by Gasteiger charge is 2.18. The predicted molar refractivity (Wildman–Crippen MR) is 90.6 cm³/mol. The summed E-state index contributed by atoms with van der Waals surface area (Å²) < 4.78 is 10.8. The number of rotatable bonds is 6. The van der Waals surface area contributed by atoms with Crippen LogP contribution in [0.3, 0.4) is 0 Å². The lowest BCUT2D eigenvalue weighted by molar-refractivity contribution is -0.385. The molecule has 126 valence electrons. The summed E-state index contributed by atoms with van der Waals surface area (Å²) in [5, 5.41) is 10.8. The maximum absolute atomic E-state index is 11.1. The third-order valence-corrected chi connectivity index (χ3v) is 3.73. The minimum atomic E-state index is -0.913. The molecule has 0 aliphatic heterocycles. The first-order chi connectivity index (χ1) is 11.3. The molecule has 0 bridgehead atoms. The number of benzene rings is 2. The molecule has 2 aromatic carbocycles. The van der Waals surface area contributed by atoms with Crippen LogP contribution >= 0.6 is 34.8 Å². The molecule has 2 aromatic rings. The molecule has 2 rings (SSSR count). The fraction of sp³-hybridized carbons (Fsp3) is 0.133. The van der Waals surface area contributed by atoms with Gasteiger partial charge in [0.15, 0.2) is 6.10 Å². The molecule has 0 aromatic heterocycles. The van der Waals surface area contributed by atoms with Crippen LogP contribution in [0.25, 0.3) is 0 Å². The predicted octanol–water partition coefficient (Wildman–Crippen LogP) is 5.23. The van der Waals surface area contributed by atoms with Gasteiger partial charge in [0, 0.05) is 17.2 Å². The number of carbonyl (C=O) groups excluding carboxylic acids is 1. The van der Waals surface area contributed by atoms with Gasteiger partial charge in [0.25, 0.3) is 5.24 Å². The Bertz CT molecular complexity index is 797. The molecule has 0 spiro atoms. The Morgan fingerprint density at radius 1 is 1.17 bits per heavy atom. The van der Waals surface area contributed by atoms with Gasteiger partial charge in [-0.25, -0.2) is 0 Å². The maximum Gasteiger partial charge on any atom is 0.313 e. The smallest absolute Gasteiger partial charge is 0.313 e. The molecular weight excluding hydrogens is 381 g/mol. The van der Waals surface area contributed by atoms with Crippen molar-refractivity contribution in [2.75, 3.05) is 0 Å². The van der Waals surface area contributed by atoms with Crippen LogP contribution < -0.4 is 9.47 Å². The van der Waals surface area contributed by atoms with Crippen LogP contribution in [-0.4, -0.2) is 16.3 Å². The topological polar surface area (TPSA) is 78.7 Å². The van der Waals surface area contributed by atoms with Crippen molar-refractivity contribution >= 4 is 45.7 Å². The van der Waals surface area contributed by atoms with Gasteiger partial charge in [-0.05, 0) is 42.8 Å². The van der Waals surface area contributed by atoms with E-state index < -0.39 is 16.3 Å². The first-order valence-corrected chi connectivity index (χ1v) is 7.68. The molecule has 1 atom stereocenters. The van der Waals surface area contributed by atoms with E-state index in [9.17, 15) is 14.9 Å². The summed E-state index contributed by atoms with van der Waals surface area (Å²) >= 11 is 17.1. The van der Waals surface area contributed by atoms with E-state index in [0.29, 0.717) is 0 Å². The summed E-state index contributed by atoms with van der Waals surface area (Å²) in [6.07, 6.45) is -0.913. The minimum Gasteiger partial charge on any atom is -0.480 e. The number of nitro benzene ring substituents is 1. The van der Waals surface area contributed by atoms with Crippen LogP contribution in [0.1, 0.15) is 6.92 Å². The summed E-state index contributed by atoms with van der Waals surface area (Å²) in [7, 11) is 0. The van der Waals surface area contributed by atoms with Crippen molar-refractivity contribution in [2.45, 2.75) is 13.0 Å².